The molecule has 1 fully saturated rings. The maximum atomic E-state index is 13.2. The maximum absolute atomic E-state index is 13.2. The van der Waals surface area contributed by atoms with Crippen LogP contribution in [0.3, 0.4) is 0 Å². The number of halogens is 2. The standard InChI is InChI=1S/C21H20ClFN4O/c22-19-13-17(23)1-2-18(19)21(28)26-10-5-16(6-11-26)20-25-9-12-27(20)14-15-3-7-24-8-4-15/h1-4,7-9,12-13,16H,5-6,10-11,14H2. The van der Waals surface area contributed by atoms with Gasteiger partial charge in [0.1, 0.15) is 11.6 Å². The van der Waals surface area contributed by atoms with Crippen molar-refractivity contribution >= 4 is 17.5 Å². The second-order valence-electron chi connectivity index (χ2n) is 6.96. The summed E-state index contributed by atoms with van der Waals surface area (Å²) in [6.07, 6.45) is 9.06. The molecule has 3 heterocycles. The molecule has 28 heavy (non-hydrogen) atoms. The number of hydrogen-bond donors (Lipinski definition) is 0. The Labute approximate surface area is 167 Å². The maximum Gasteiger partial charge on any atom is 0.255 e. The summed E-state index contributed by atoms with van der Waals surface area (Å²) in [6.45, 7) is 2.00. The second kappa shape index (κ2) is 8.10. The van der Waals surface area contributed by atoms with Crippen LogP contribution in [0.5, 0.6) is 0 Å². The van der Waals surface area contributed by atoms with Crippen LogP contribution in [0.15, 0.2) is 55.1 Å². The summed E-state index contributed by atoms with van der Waals surface area (Å²) in [5.74, 6) is 0.748. The minimum atomic E-state index is -0.443. The van der Waals surface area contributed by atoms with Crippen LogP contribution in [0.4, 0.5) is 4.39 Å². The summed E-state index contributed by atoms with van der Waals surface area (Å²) in [4.78, 5) is 23.1. The van der Waals surface area contributed by atoms with Crippen LogP contribution in [-0.4, -0.2) is 38.4 Å². The van der Waals surface area contributed by atoms with Gasteiger partial charge in [-0.2, -0.15) is 0 Å². The van der Waals surface area contributed by atoms with Crippen molar-refractivity contribution in [3.8, 4) is 0 Å². The van der Waals surface area contributed by atoms with Gasteiger partial charge in [-0.15, -0.1) is 0 Å². The number of imidazole rings is 1. The Hall–Kier alpha value is -2.73. The lowest BCUT2D eigenvalue weighted by Crippen LogP contribution is -2.38. The largest absolute Gasteiger partial charge is 0.339 e. The fourth-order valence-electron chi connectivity index (χ4n) is 3.67. The number of piperidine rings is 1. The molecule has 1 aliphatic rings. The first-order valence-electron chi connectivity index (χ1n) is 9.26. The summed E-state index contributed by atoms with van der Waals surface area (Å²) in [7, 11) is 0. The van der Waals surface area contributed by atoms with Crippen molar-refractivity contribution in [2.75, 3.05) is 13.1 Å². The number of aromatic nitrogens is 3. The van der Waals surface area contributed by atoms with Gasteiger partial charge in [-0.25, -0.2) is 9.37 Å². The van der Waals surface area contributed by atoms with Crippen LogP contribution in [0, 0.1) is 5.82 Å². The average Bonchev–Trinajstić information content (AvgIpc) is 3.16. The third-order valence-electron chi connectivity index (χ3n) is 5.16. The van der Waals surface area contributed by atoms with Crippen molar-refractivity contribution in [1.82, 2.24) is 19.4 Å². The predicted octanol–water partition coefficient (Wildman–Crippen LogP) is 4.14. The minimum absolute atomic E-state index is 0.149. The highest BCUT2D eigenvalue weighted by Crippen LogP contribution is 2.29. The number of carbonyl (C=O) groups excluding carboxylic acids is 1. The van der Waals surface area contributed by atoms with E-state index in [0.29, 0.717) is 24.6 Å². The lowest BCUT2D eigenvalue weighted by atomic mass is 9.95. The van der Waals surface area contributed by atoms with E-state index in [2.05, 4.69) is 14.5 Å². The van der Waals surface area contributed by atoms with Crippen molar-refractivity contribution in [3.63, 3.8) is 0 Å². The van der Waals surface area contributed by atoms with E-state index in [1.807, 2.05) is 24.5 Å². The topological polar surface area (TPSA) is 51.0 Å². The van der Waals surface area contributed by atoms with Crippen LogP contribution in [-0.2, 0) is 6.54 Å². The van der Waals surface area contributed by atoms with Crippen LogP contribution in [0.1, 0.15) is 40.5 Å². The van der Waals surface area contributed by atoms with Gasteiger partial charge in [-0.05, 0) is 48.7 Å². The van der Waals surface area contributed by atoms with Gasteiger partial charge in [0.25, 0.3) is 5.91 Å². The number of carbonyl (C=O) groups is 1. The van der Waals surface area contributed by atoms with Gasteiger partial charge in [0, 0.05) is 50.3 Å². The molecule has 0 aliphatic carbocycles. The van der Waals surface area contributed by atoms with Gasteiger partial charge in [0.05, 0.1) is 10.6 Å². The van der Waals surface area contributed by atoms with Gasteiger partial charge < -0.3 is 9.47 Å². The highest BCUT2D eigenvalue weighted by molar-refractivity contribution is 6.33. The zero-order valence-electron chi connectivity index (χ0n) is 15.3. The molecule has 1 aromatic carbocycles. The molecule has 0 saturated carbocycles. The van der Waals surface area contributed by atoms with Gasteiger partial charge >= 0.3 is 0 Å². The molecule has 1 aliphatic heterocycles. The molecule has 7 heteroatoms. The normalized spacial score (nSPS) is 15.0. The molecule has 0 atom stereocenters. The summed E-state index contributed by atoms with van der Waals surface area (Å²) < 4.78 is 15.4. The van der Waals surface area contributed by atoms with E-state index < -0.39 is 5.82 Å². The Bertz CT molecular complexity index is 968. The fraction of sp³-hybridized carbons (Fsp3) is 0.286. The van der Waals surface area contributed by atoms with Crippen LogP contribution >= 0.6 is 11.6 Å². The van der Waals surface area contributed by atoms with Gasteiger partial charge in [0.2, 0.25) is 0 Å². The quantitative estimate of drug-likeness (QED) is 0.663. The Morgan fingerprint density at radius 2 is 1.89 bits per heavy atom. The van der Waals surface area contributed by atoms with Crippen molar-refractivity contribution in [1.29, 1.82) is 0 Å². The smallest absolute Gasteiger partial charge is 0.255 e. The number of rotatable bonds is 4. The van der Waals surface area contributed by atoms with Crippen molar-refractivity contribution in [2.24, 2.45) is 0 Å². The van der Waals surface area contributed by atoms with Gasteiger partial charge in [-0.1, -0.05) is 11.6 Å². The van der Waals surface area contributed by atoms with E-state index in [9.17, 15) is 9.18 Å². The lowest BCUT2D eigenvalue weighted by Gasteiger charge is -2.32. The molecule has 0 spiro atoms. The molecule has 0 radical (unpaired) electrons. The number of nitrogens with zero attached hydrogens (tertiary/aromatic N) is 4. The SMILES string of the molecule is O=C(c1ccc(F)cc1Cl)N1CCC(c2nccn2Cc2ccncc2)CC1. The first-order chi connectivity index (χ1) is 13.6. The van der Waals surface area contributed by atoms with E-state index in [1.165, 1.54) is 23.8 Å². The molecule has 4 rings (SSSR count). The van der Waals surface area contributed by atoms with Crippen molar-refractivity contribution in [2.45, 2.75) is 25.3 Å². The van der Waals surface area contributed by atoms with E-state index in [0.717, 1.165) is 25.2 Å². The Kier molecular flexibility index (Phi) is 5.39. The van der Waals surface area contributed by atoms with Crippen LogP contribution in [0.2, 0.25) is 5.02 Å². The third-order valence-corrected chi connectivity index (χ3v) is 5.47. The molecular formula is C21H20ClFN4O. The molecule has 0 bridgehead atoms. The number of pyridine rings is 1. The van der Waals surface area contributed by atoms with Crippen molar-refractivity contribution < 1.29 is 9.18 Å². The molecule has 1 amide bonds. The van der Waals surface area contributed by atoms with Crippen LogP contribution in [0.25, 0.3) is 0 Å². The van der Waals surface area contributed by atoms with Gasteiger partial charge in [0.15, 0.2) is 0 Å². The number of hydrogen-bond acceptors (Lipinski definition) is 3. The van der Waals surface area contributed by atoms with E-state index in [1.54, 1.807) is 17.3 Å². The molecule has 0 unspecified atom stereocenters. The summed E-state index contributed by atoms with van der Waals surface area (Å²) >= 11 is 6.05. The monoisotopic (exact) mass is 398 g/mol. The zero-order chi connectivity index (χ0) is 19.5. The third kappa shape index (κ3) is 3.92. The minimum Gasteiger partial charge on any atom is -0.339 e. The Morgan fingerprint density at radius 1 is 1.14 bits per heavy atom. The molecule has 1 saturated heterocycles. The van der Waals surface area contributed by atoms with E-state index in [4.69, 9.17) is 11.6 Å². The Morgan fingerprint density at radius 3 is 2.61 bits per heavy atom. The number of amides is 1. The first kappa shape index (κ1) is 18.6. The summed E-state index contributed by atoms with van der Waals surface area (Å²) in [5.41, 5.74) is 1.52. The van der Waals surface area contributed by atoms with Crippen molar-refractivity contribution in [3.05, 3.63) is 82.9 Å². The summed E-state index contributed by atoms with van der Waals surface area (Å²) in [6, 6.07) is 7.89. The van der Waals surface area contributed by atoms with E-state index >= 15 is 0 Å². The lowest BCUT2D eigenvalue weighted by molar-refractivity contribution is 0.0710. The zero-order valence-corrected chi connectivity index (χ0v) is 16.0. The second-order valence-corrected chi connectivity index (χ2v) is 7.37. The highest BCUT2D eigenvalue weighted by Gasteiger charge is 2.27. The van der Waals surface area contributed by atoms with Gasteiger partial charge in [-0.3, -0.25) is 9.78 Å². The molecular weight excluding hydrogens is 379 g/mol. The predicted molar refractivity (Wildman–Crippen MR) is 105 cm³/mol. The molecule has 5 nitrogen and oxygen atoms in total. The number of likely N-dealkylation sites (tertiary alicyclic amines) is 1. The molecule has 2 aromatic heterocycles. The van der Waals surface area contributed by atoms with Crippen LogP contribution < -0.4 is 0 Å². The fourth-order valence-corrected chi connectivity index (χ4v) is 3.92. The molecule has 0 N–H and O–H groups in total. The molecule has 3 aromatic rings. The highest BCUT2D eigenvalue weighted by atomic mass is 35.5. The average molecular weight is 399 g/mol. The molecule has 144 valence electrons. The Balaban J connectivity index is 1.42. The van der Waals surface area contributed by atoms with E-state index in [-0.39, 0.29) is 10.9 Å². The number of benzene rings is 1. The first-order valence-corrected chi connectivity index (χ1v) is 9.64. The summed E-state index contributed by atoms with van der Waals surface area (Å²) in [5, 5.41) is 0.153.